The summed E-state index contributed by atoms with van der Waals surface area (Å²) >= 11 is 0. The molecule has 0 aliphatic carbocycles. The molecule has 0 fully saturated rings. The predicted octanol–water partition coefficient (Wildman–Crippen LogP) is 3.60. The second-order valence-corrected chi connectivity index (χ2v) is 4.80. The number of rotatable bonds is 1. The van der Waals surface area contributed by atoms with Gasteiger partial charge in [0.1, 0.15) is 5.82 Å². The summed E-state index contributed by atoms with van der Waals surface area (Å²) in [5.41, 5.74) is 2.30. The van der Waals surface area contributed by atoms with E-state index in [-0.39, 0.29) is 11.4 Å². The van der Waals surface area contributed by atoms with Crippen molar-refractivity contribution in [3.63, 3.8) is 0 Å². The summed E-state index contributed by atoms with van der Waals surface area (Å²) in [5.74, 6) is 0.426. The summed E-state index contributed by atoms with van der Waals surface area (Å²) in [7, 11) is 0. The first-order valence-corrected chi connectivity index (χ1v) is 5.62. The largest absolute Gasteiger partial charge is 0.379 e. The lowest BCUT2D eigenvalue weighted by Gasteiger charge is -2.42. The molecule has 1 aliphatic rings. The molecule has 1 aliphatic heterocycles. The van der Waals surface area contributed by atoms with Gasteiger partial charge in [0.25, 0.3) is 0 Å². The van der Waals surface area contributed by atoms with Crippen molar-refractivity contribution in [2.45, 2.75) is 39.2 Å². The minimum absolute atomic E-state index is 0.0980. The van der Waals surface area contributed by atoms with E-state index in [0.29, 0.717) is 5.92 Å². The van der Waals surface area contributed by atoms with Gasteiger partial charge in [0.2, 0.25) is 0 Å². The van der Waals surface area contributed by atoms with E-state index in [2.05, 4.69) is 26.1 Å². The van der Waals surface area contributed by atoms with E-state index in [1.807, 2.05) is 6.07 Å². The van der Waals surface area contributed by atoms with Crippen molar-refractivity contribution in [2.24, 2.45) is 5.92 Å². The Morgan fingerprint density at radius 1 is 1.53 bits per heavy atom. The van der Waals surface area contributed by atoms with Crippen molar-refractivity contribution in [3.05, 3.63) is 29.6 Å². The van der Waals surface area contributed by atoms with Gasteiger partial charge in [0.15, 0.2) is 0 Å². The molecule has 82 valence electrons. The Labute approximate surface area is 90.7 Å². The van der Waals surface area contributed by atoms with Gasteiger partial charge in [-0.1, -0.05) is 19.9 Å². The molecule has 2 unspecified atom stereocenters. The van der Waals surface area contributed by atoms with Crippen molar-refractivity contribution < 1.29 is 4.39 Å². The first-order chi connectivity index (χ1) is 7.05. The van der Waals surface area contributed by atoms with E-state index < -0.39 is 0 Å². The molecule has 0 amide bonds. The molecule has 0 bridgehead atoms. The van der Waals surface area contributed by atoms with Gasteiger partial charge < -0.3 is 5.32 Å². The molecular weight excluding hydrogens is 189 g/mol. The van der Waals surface area contributed by atoms with Crippen molar-refractivity contribution in [2.75, 3.05) is 5.32 Å². The highest BCUT2D eigenvalue weighted by molar-refractivity contribution is 5.55. The van der Waals surface area contributed by atoms with Crippen molar-refractivity contribution in [3.8, 4) is 0 Å². The van der Waals surface area contributed by atoms with Gasteiger partial charge in [-0.25, -0.2) is 4.39 Å². The first-order valence-electron chi connectivity index (χ1n) is 5.62. The van der Waals surface area contributed by atoms with Gasteiger partial charge in [-0.05, 0) is 43.4 Å². The Balaban J connectivity index is 2.39. The zero-order valence-corrected chi connectivity index (χ0v) is 9.60. The topological polar surface area (TPSA) is 12.0 Å². The van der Waals surface area contributed by atoms with Crippen LogP contribution in [0.2, 0.25) is 0 Å². The lowest BCUT2D eigenvalue weighted by atomic mass is 9.77. The van der Waals surface area contributed by atoms with Crippen LogP contribution in [0.1, 0.15) is 32.8 Å². The van der Waals surface area contributed by atoms with Crippen molar-refractivity contribution in [1.29, 1.82) is 0 Å². The highest BCUT2D eigenvalue weighted by Gasteiger charge is 2.33. The summed E-state index contributed by atoms with van der Waals surface area (Å²) in [6, 6.07) is 5.04. The van der Waals surface area contributed by atoms with Crippen LogP contribution >= 0.6 is 0 Å². The quantitative estimate of drug-likeness (QED) is 0.742. The summed E-state index contributed by atoms with van der Waals surface area (Å²) < 4.78 is 13.1. The van der Waals surface area contributed by atoms with E-state index in [4.69, 9.17) is 0 Å². The Morgan fingerprint density at radius 3 is 2.93 bits per heavy atom. The molecule has 0 saturated heterocycles. The fraction of sp³-hybridized carbons (Fsp3) is 0.538. The monoisotopic (exact) mass is 207 g/mol. The van der Waals surface area contributed by atoms with Crippen LogP contribution < -0.4 is 5.32 Å². The molecule has 0 spiro atoms. The normalized spacial score (nSPS) is 29.5. The van der Waals surface area contributed by atoms with Crippen LogP contribution in [-0.4, -0.2) is 5.54 Å². The molecule has 1 N–H and O–H groups in total. The van der Waals surface area contributed by atoms with Crippen LogP contribution in [0.4, 0.5) is 10.1 Å². The number of hydrogen-bond acceptors (Lipinski definition) is 1. The number of benzene rings is 1. The van der Waals surface area contributed by atoms with E-state index in [1.165, 1.54) is 5.56 Å². The van der Waals surface area contributed by atoms with E-state index in [0.717, 1.165) is 18.5 Å². The Kier molecular flexibility index (Phi) is 2.45. The maximum Gasteiger partial charge on any atom is 0.125 e. The van der Waals surface area contributed by atoms with Crippen LogP contribution in [0.25, 0.3) is 0 Å². The molecular formula is C13H18FN. The minimum Gasteiger partial charge on any atom is -0.379 e. The number of halogens is 1. The smallest absolute Gasteiger partial charge is 0.125 e. The molecule has 0 radical (unpaired) electrons. The van der Waals surface area contributed by atoms with E-state index in [1.54, 1.807) is 12.1 Å². The average Bonchev–Trinajstić information content (AvgIpc) is 2.20. The Bertz CT molecular complexity index is 375. The molecule has 0 saturated carbocycles. The summed E-state index contributed by atoms with van der Waals surface area (Å²) in [4.78, 5) is 0. The zero-order chi connectivity index (χ0) is 11.1. The number of anilines is 1. The molecule has 1 heterocycles. The van der Waals surface area contributed by atoms with Crippen molar-refractivity contribution >= 4 is 5.69 Å². The van der Waals surface area contributed by atoms with Crippen LogP contribution in [0, 0.1) is 11.7 Å². The summed E-state index contributed by atoms with van der Waals surface area (Å²) in [6.45, 7) is 6.64. The lowest BCUT2D eigenvalue weighted by Crippen LogP contribution is -2.45. The van der Waals surface area contributed by atoms with Gasteiger partial charge in [-0.2, -0.15) is 0 Å². The summed E-state index contributed by atoms with van der Waals surface area (Å²) in [6.07, 6.45) is 2.09. The van der Waals surface area contributed by atoms with Crippen LogP contribution in [0.3, 0.4) is 0 Å². The average molecular weight is 207 g/mol. The number of nitrogens with one attached hydrogen (secondary N) is 1. The third kappa shape index (κ3) is 1.73. The van der Waals surface area contributed by atoms with Gasteiger partial charge >= 0.3 is 0 Å². The minimum atomic E-state index is -0.158. The highest BCUT2D eigenvalue weighted by atomic mass is 19.1. The van der Waals surface area contributed by atoms with Gasteiger partial charge in [0, 0.05) is 11.2 Å². The molecule has 1 aromatic carbocycles. The molecule has 2 rings (SSSR count). The van der Waals surface area contributed by atoms with E-state index in [9.17, 15) is 4.39 Å². The van der Waals surface area contributed by atoms with Gasteiger partial charge in [-0.15, -0.1) is 0 Å². The van der Waals surface area contributed by atoms with Crippen LogP contribution in [0.5, 0.6) is 0 Å². The summed E-state index contributed by atoms with van der Waals surface area (Å²) in [5, 5.41) is 3.47. The second kappa shape index (κ2) is 3.51. The maximum absolute atomic E-state index is 13.1. The standard InChI is InChI=1S/C13H18FN/c1-4-13(3)9(2)7-10-5-6-11(14)8-12(10)15-13/h5-6,8-9,15H,4,7H2,1-3H3. The lowest BCUT2D eigenvalue weighted by molar-refractivity contribution is 0.323. The van der Waals surface area contributed by atoms with Crippen molar-refractivity contribution in [1.82, 2.24) is 0 Å². The maximum atomic E-state index is 13.1. The van der Waals surface area contributed by atoms with Crippen LogP contribution in [0.15, 0.2) is 18.2 Å². The molecule has 2 heteroatoms. The SMILES string of the molecule is CCC1(C)Nc2cc(F)ccc2CC1C. The molecule has 1 aromatic rings. The van der Waals surface area contributed by atoms with Crippen LogP contribution in [-0.2, 0) is 6.42 Å². The zero-order valence-electron chi connectivity index (χ0n) is 9.60. The van der Waals surface area contributed by atoms with E-state index >= 15 is 0 Å². The molecule has 0 aromatic heterocycles. The first kappa shape index (κ1) is 10.5. The number of hydrogen-bond donors (Lipinski definition) is 1. The predicted molar refractivity (Wildman–Crippen MR) is 61.6 cm³/mol. The van der Waals surface area contributed by atoms with Gasteiger partial charge in [-0.3, -0.25) is 0 Å². The highest BCUT2D eigenvalue weighted by Crippen LogP contribution is 2.36. The molecule has 1 nitrogen and oxygen atoms in total. The number of fused-ring (bicyclic) bond motifs is 1. The molecule has 15 heavy (non-hydrogen) atoms. The second-order valence-electron chi connectivity index (χ2n) is 4.80. The Hall–Kier alpha value is -1.05. The fourth-order valence-electron chi connectivity index (χ4n) is 2.27. The Morgan fingerprint density at radius 2 is 2.27 bits per heavy atom. The third-order valence-electron chi connectivity index (χ3n) is 3.84. The fourth-order valence-corrected chi connectivity index (χ4v) is 2.27. The third-order valence-corrected chi connectivity index (χ3v) is 3.84. The molecule has 2 atom stereocenters. The van der Waals surface area contributed by atoms with Gasteiger partial charge in [0.05, 0.1) is 0 Å².